The summed E-state index contributed by atoms with van der Waals surface area (Å²) in [4.78, 5) is 0. The molecule has 0 radical (unpaired) electrons. The van der Waals surface area contributed by atoms with Crippen LogP contribution in [0.25, 0.3) is 0 Å². The van der Waals surface area contributed by atoms with Crippen LogP contribution in [0.2, 0.25) is 5.02 Å². The van der Waals surface area contributed by atoms with Gasteiger partial charge in [-0.2, -0.15) is 0 Å². The summed E-state index contributed by atoms with van der Waals surface area (Å²) in [7, 11) is 0. The number of rotatable bonds is 2. The van der Waals surface area contributed by atoms with Crippen molar-refractivity contribution in [3.05, 3.63) is 28.8 Å². The van der Waals surface area contributed by atoms with E-state index in [2.05, 4.69) is 26.1 Å². The van der Waals surface area contributed by atoms with E-state index in [1.165, 1.54) is 5.56 Å². The van der Waals surface area contributed by atoms with Crippen molar-refractivity contribution in [1.82, 2.24) is 5.32 Å². The van der Waals surface area contributed by atoms with Crippen molar-refractivity contribution in [2.45, 2.75) is 45.1 Å². The largest absolute Gasteiger partial charge is 0.490 e. The van der Waals surface area contributed by atoms with E-state index in [1.807, 2.05) is 18.2 Å². The first-order valence-corrected chi connectivity index (χ1v) is 7.02. The standard InChI is InChI=1S/C15H22ClNO.ClH/c1-15(2,3)13-10-11(16)4-5-14(13)18-12-6-8-17-9-7-12;/h4-5,10,12,17H,6-9H2,1-3H3;1H. The van der Waals surface area contributed by atoms with Crippen molar-refractivity contribution in [3.63, 3.8) is 0 Å². The molecule has 1 N–H and O–H groups in total. The van der Waals surface area contributed by atoms with Crippen LogP contribution < -0.4 is 10.1 Å². The van der Waals surface area contributed by atoms with Gasteiger partial charge < -0.3 is 10.1 Å². The Morgan fingerprint density at radius 1 is 1.21 bits per heavy atom. The Hall–Kier alpha value is -0.440. The normalized spacial score (nSPS) is 16.8. The summed E-state index contributed by atoms with van der Waals surface area (Å²) in [5.41, 5.74) is 1.24. The molecule has 1 heterocycles. The zero-order chi connectivity index (χ0) is 13.2. The van der Waals surface area contributed by atoms with E-state index in [0.29, 0.717) is 6.10 Å². The zero-order valence-corrected chi connectivity index (χ0v) is 13.4. The summed E-state index contributed by atoms with van der Waals surface area (Å²) in [5, 5.41) is 4.13. The highest BCUT2D eigenvalue weighted by atomic mass is 35.5. The molecule has 2 rings (SSSR count). The van der Waals surface area contributed by atoms with Crippen LogP contribution in [0.5, 0.6) is 5.75 Å². The zero-order valence-electron chi connectivity index (χ0n) is 11.8. The topological polar surface area (TPSA) is 21.3 Å². The van der Waals surface area contributed by atoms with Gasteiger partial charge in [-0.3, -0.25) is 0 Å². The minimum absolute atomic E-state index is 0. The molecule has 4 heteroatoms. The van der Waals surface area contributed by atoms with Crippen LogP contribution in [0, 0.1) is 0 Å². The molecule has 1 aromatic rings. The third-order valence-electron chi connectivity index (χ3n) is 3.33. The number of piperidine rings is 1. The van der Waals surface area contributed by atoms with Crippen molar-refractivity contribution in [2.75, 3.05) is 13.1 Å². The smallest absolute Gasteiger partial charge is 0.123 e. The SMILES string of the molecule is CC(C)(C)c1cc(Cl)ccc1OC1CCNCC1.Cl. The molecule has 0 unspecified atom stereocenters. The number of halogens is 2. The Balaban J connectivity index is 0.00000180. The van der Waals surface area contributed by atoms with E-state index < -0.39 is 0 Å². The maximum absolute atomic E-state index is 6.17. The van der Waals surface area contributed by atoms with Gasteiger partial charge in [-0.1, -0.05) is 32.4 Å². The van der Waals surface area contributed by atoms with E-state index in [9.17, 15) is 0 Å². The first-order valence-electron chi connectivity index (χ1n) is 6.64. The molecule has 0 saturated carbocycles. The minimum atomic E-state index is 0. The second-order valence-electron chi connectivity index (χ2n) is 5.96. The van der Waals surface area contributed by atoms with E-state index in [1.54, 1.807) is 0 Å². The van der Waals surface area contributed by atoms with Crippen LogP contribution in [-0.4, -0.2) is 19.2 Å². The quantitative estimate of drug-likeness (QED) is 0.884. The lowest BCUT2D eigenvalue weighted by Crippen LogP contribution is -2.34. The maximum Gasteiger partial charge on any atom is 0.123 e. The van der Waals surface area contributed by atoms with Crippen LogP contribution in [-0.2, 0) is 5.41 Å². The molecule has 0 aliphatic carbocycles. The molecule has 0 aromatic heterocycles. The van der Waals surface area contributed by atoms with Crippen molar-refractivity contribution in [2.24, 2.45) is 0 Å². The molecular weight excluding hydrogens is 281 g/mol. The molecule has 19 heavy (non-hydrogen) atoms. The van der Waals surface area contributed by atoms with Gasteiger partial charge in [-0.15, -0.1) is 12.4 Å². The highest BCUT2D eigenvalue weighted by Gasteiger charge is 2.22. The molecule has 2 nitrogen and oxygen atoms in total. The predicted molar refractivity (Wildman–Crippen MR) is 83.9 cm³/mol. The van der Waals surface area contributed by atoms with Crippen LogP contribution in [0.15, 0.2) is 18.2 Å². The number of ether oxygens (including phenoxy) is 1. The summed E-state index contributed by atoms with van der Waals surface area (Å²) in [6.07, 6.45) is 2.48. The number of nitrogens with one attached hydrogen (secondary N) is 1. The lowest BCUT2D eigenvalue weighted by atomic mass is 9.86. The Morgan fingerprint density at radius 3 is 2.42 bits per heavy atom. The first-order chi connectivity index (χ1) is 8.47. The van der Waals surface area contributed by atoms with Crippen LogP contribution in [0.1, 0.15) is 39.2 Å². The summed E-state index contributed by atoms with van der Waals surface area (Å²) in [6.45, 7) is 8.65. The Kier molecular flexibility index (Phi) is 5.97. The highest BCUT2D eigenvalue weighted by Crippen LogP contribution is 2.34. The first kappa shape index (κ1) is 16.6. The fraction of sp³-hybridized carbons (Fsp3) is 0.600. The van der Waals surface area contributed by atoms with E-state index in [-0.39, 0.29) is 17.8 Å². The van der Waals surface area contributed by atoms with Crippen LogP contribution >= 0.6 is 24.0 Å². The van der Waals surface area contributed by atoms with Gasteiger partial charge in [0.1, 0.15) is 11.9 Å². The van der Waals surface area contributed by atoms with Gasteiger partial charge in [0, 0.05) is 10.6 Å². The maximum atomic E-state index is 6.17. The van der Waals surface area contributed by atoms with Crippen molar-refractivity contribution in [1.29, 1.82) is 0 Å². The Morgan fingerprint density at radius 2 is 1.84 bits per heavy atom. The van der Waals surface area contributed by atoms with Crippen LogP contribution in [0.4, 0.5) is 0 Å². The predicted octanol–water partition coefficient (Wildman–Crippen LogP) is 4.19. The van der Waals surface area contributed by atoms with E-state index in [0.717, 1.165) is 36.7 Å². The second kappa shape index (κ2) is 6.83. The van der Waals surface area contributed by atoms with Crippen molar-refractivity contribution >= 4 is 24.0 Å². The summed E-state index contributed by atoms with van der Waals surface area (Å²) < 4.78 is 6.17. The number of benzene rings is 1. The van der Waals surface area contributed by atoms with Gasteiger partial charge in [0.2, 0.25) is 0 Å². The average molecular weight is 304 g/mol. The van der Waals surface area contributed by atoms with Gasteiger partial charge in [-0.05, 0) is 49.5 Å². The molecule has 0 bridgehead atoms. The fourth-order valence-corrected chi connectivity index (χ4v) is 2.46. The van der Waals surface area contributed by atoms with Crippen molar-refractivity contribution in [3.8, 4) is 5.75 Å². The van der Waals surface area contributed by atoms with Gasteiger partial charge in [-0.25, -0.2) is 0 Å². The number of hydrogen-bond donors (Lipinski definition) is 1. The number of hydrogen-bond acceptors (Lipinski definition) is 2. The molecule has 1 fully saturated rings. The molecule has 1 aliphatic heterocycles. The average Bonchev–Trinajstić information content (AvgIpc) is 2.31. The van der Waals surface area contributed by atoms with E-state index in [4.69, 9.17) is 16.3 Å². The summed E-state index contributed by atoms with van der Waals surface area (Å²) in [5.74, 6) is 0.985. The van der Waals surface area contributed by atoms with Gasteiger partial charge in [0.05, 0.1) is 0 Å². The molecule has 1 saturated heterocycles. The van der Waals surface area contributed by atoms with E-state index >= 15 is 0 Å². The highest BCUT2D eigenvalue weighted by molar-refractivity contribution is 6.30. The summed E-state index contributed by atoms with van der Waals surface area (Å²) in [6, 6.07) is 5.94. The monoisotopic (exact) mass is 303 g/mol. The Labute approximate surface area is 127 Å². The molecule has 0 spiro atoms. The minimum Gasteiger partial charge on any atom is -0.490 e. The summed E-state index contributed by atoms with van der Waals surface area (Å²) >= 11 is 6.10. The second-order valence-corrected chi connectivity index (χ2v) is 6.39. The molecule has 0 atom stereocenters. The molecule has 0 amide bonds. The lowest BCUT2D eigenvalue weighted by molar-refractivity contribution is 0.159. The third kappa shape index (κ3) is 4.55. The third-order valence-corrected chi connectivity index (χ3v) is 3.56. The Bertz CT molecular complexity index is 409. The molecule has 108 valence electrons. The van der Waals surface area contributed by atoms with Gasteiger partial charge in [0.25, 0.3) is 0 Å². The molecular formula is C15H23Cl2NO. The van der Waals surface area contributed by atoms with Crippen LogP contribution in [0.3, 0.4) is 0 Å². The van der Waals surface area contributed by atoms with Crippen molar-refractivity contribution < 1.29 is 4.74 Å². The fourth-order valence-electron chi connectivity index (χ4n) is 2.28. The lowest BCUT2D eigenvalue weighted by Gasteiger charge is -2.28. The molecule has 1 aliphatic rings. The van der Waals surface area contributed by atoms with Gasteiger partial charge >= 0.3 is 0 Å². The van der Waals surface area contributed by atoms with Gasteiger partial charge in [0.15, 0.2) is 0 Å². The molecule has 1 aromatic carbocycles.